The highest BCUT2D eigenvalue weighted by molar-refractivity contribution is 5.73. The van der Waals surface area contributed by atoms with Crippen LogP contribution in [0.3, 0.4) is 0 Å². The molecule has 1 atom stereocenters. The second-order valence-electron chi connectivity index (χ2n) is 3.79. The summed E-state index contributed by atoms with van der Waals surface area (Å²) in [7, 11) is 1.33. The highest BCUT2D eigenvalue weighted by atomic mass is 16.5. The van der Waals surface area contributed by atoms with E-state index in [2.05, 4.69) is 19.9 Å². The minimum absolute atomic E-state index is 0.121. The number of anilines is 1. The van der Waals surface area contributed by atoms with Crippen LogP contribution in [0.4, 0.5) is 5.82 Å². The highest BCUT2D eigenvalue weighted by Crippen LogP contribution is 2.19. The maximum absolute atomic E-state index is 11.5. The third-order valence-electron chi connectivity index (χ3n) is 2.72. The van der Waals surface area contributed by atoms with Crippen molar-refractivity contribution in [2.75, 3.05) is 25.1 Å². The molecule has 2 heterocycles. The van der Waals surface area contributed by atoms with Crippen molar-refractivity contribution in [1.29, 1.82) is 0 Å². The standard InChI is InChI=1S/C9H12N4O4/c1-17-8(15)5-2-3-13(4-5)6-7(14)10-9(16)12-11-6/h5H,2-4H2,1H3,(H2,10,12,14,16). The normalized spacial score (nSPS) is 19.4. The van der Waals surface area contributed by atoms with Gasteiger partial charge in [0.15, 0.2) is 0 Å². The molecule has 1 aliphatic rings. The van der Waals surface area contributed by atoms with Gasteiger partial charge in [0.25, 0.3) is 5.56 Å². The first-order chi connectivity index (χ1) is 8.11. The molecule has 2 N–H and O–H groups in total. The number of methoxy groups -OCH3 is 1. The minimum atomic E-state index is -0.650. The molecule has 8 nitrogen and oxygen atoms in total. The van der Waals surface area contributed by atoms with Crippen molar-refractivity contribution in [3.05, 3.63) is 20.8 Å². The summed E-state index contributed by atoms with van der Waals surface area (Å²) in [6, 6.07) is 0. The Morgan fingerprint density at radius 2 is 2.29 bits per heavy atom. The second-order valence-corrected chi connectivity index (χ2v) is 3.79. The van der Waals surface area contributed by atoms with Crippen LogP contribution in [0.1, 0.15) is 6.42 Å². The molecular weight excluding hydrogens is 228 g/mol. The summed E-state index contributed by atoms with van der Waals surface area (Å²) in [5.41, 5.74) is -1.21. The molecule has 2 rings (SSSR count). The molecule has 0 spiro atoms. The summed E-state index contributed by atoms with van der Waals surface area (Å²) >= 11 is 0. The number of hydrogen-bond acceptors (Lipinski definition) is 6. The van der Waals surface area contributed by atoms with Gasteiger partial charge in [-0.25, -0.2) is 9.89 Å². The lowest BCUT2D eigenvalue weighted by Gasteiger charge is -2.14. The van der Waals surface area contributed by atoms with Gasteiger partial charge in [0.1, 0.15) is 0 Å². The van der Waals surface area contributed by atoms with E-state index >= 15 is 0 Å². The first-order valence-corrected chi connectivity index (χ1v) is 5.13. The van der Waals surface area contributed by atoms with Gasteiger partial charge in [-0.2, -0.15) is 0 Å². The summed E-state index contributed by atoms with van der Waals surface area (Å²) in [5.74, 6) is -0.433. The zero-order valence-corrected chi connectivity index (χ0v) is 9.23. The molecule has 0 saturated carbocycles. The van der Waals surface area contributed by atoms with Gasteiger partial charge in [-0.3, -0.25) is 14.6 Å². The summed E-state index contributed by atoms with van der Waals surface area (Å²) < 4.78 is 4.64. The van der Waals surface area contributed by atoms with Gasteiger partial charge in [0.2, 0.25) is 5.82 Å². The number of aromatic amines is 2. The van der Waals surface area contributed by atoms with Crippen LogP contribution in [-0.4, -0.2) is 41.3 Å². The van der Waals surface area contributed by atoms with E-state index in [1.807, 2.05) is 0 Å². The quantitative estimate of drug-likeness (QED) is 0.606. The highest BCUT2D eigenvalue weighted by Gasteiger charge is 2.30. The molecule has 17 heavy (non-hydrogen) atoms. The number of aromatic nitrogens is 3. The molecule has 0 amide bonds. The van der Waals surface area contributed by atoms with Crippen molar-refractivity contribution < 1.29 is 9.53 Å². The summed E-state index contributed by atoms with van der Waals surface area (Å²) in [5, 5.41) is 5.83. The van der Waals surface area contributed by atoms with E-state index in [1.165, 1.54) is 7.11 Å². The van der Waals surface area contributed by atoms with Gasteiger partial charge in [-0.15, -0.1) is 5.10 Å². The molecule has 0 aromatic carbocycles. The average molecular weight is 240 g/mol. The Bertz CT molecular complexity index is 534. The van der Waals surface area contributed by atoms with Gasteiger partial charge in [-0.05, 0) is 6.42 Å². The van der Waals surface area contributed by atoms with Crippen molar-refractivity contribution in [3.63, 3.8) is 0 Å². The molecule has 0 radical (unpaired) electrons. The van der Waals surface area contributed by atoms with Gasteiger partial charge in [0, 0.05) is 13.1 Å². The number of ether oxygens (including phenoxy) is 1. The zero-order valence-electron chi connectivity index (χ0n) is 9.23. The van der Waals surface area contributed by atoms with E-state index < -0.39 is 11.2 Å². The summed E-state index contributed by atoms with van der Waals surface area (Å²) in [6.45, 7) is 0.899. The van der Waals surface area contributed by atoms with Crippen molar-refractivity contribution in [3.8, 4) is 0 Å². The number of carbonyl (C=O) groups excluding carboxylic acids is 1. The van der Waals surface area contributed by atoms with Crippen LogP contribution in [0.2, 0.25) is 0 Å². The van der Waals surface area contributed by atoms with E-state index in [1.54, 1.807) is 4.90 Å². The predicted molar refractivity (Wildman–Crippen MR) is 57.8 cm³/mol. The molecule has 1 aromatic rings. The Morgan fingerprint density at radius 1 is 1.53 bits per heavy atom. The molecule has 1 aromatic heterocycles. The van der Waals surface area contributed by atoms with E-state index in [4.69, 9.17) is 0 Å². The van der Waals surface area contributed by atoms with E-state index in [0.29, 0.717) is 19.5 Å². The van der Waals surface area contributed by atoms with Gasteiger partial charge >= 0.3 is 11.7 Å². The Balaban J connectivity index is 2.18. The predicted octanol–water partition coefficient (Wildman–Crippen LogP) is -1.54. The maximum atomic E-state index is 11.5. The number of rotatable bonds is 2. The average Bonchev–Trinajstić information content (AvgIpc) is 2.77. The minimum Gasteiger partial charge on any atom is -0.469 e. The molecule has 1 unspecified atom stereocenters. The number of hydrogen-bond donors (Lipinski definition) is 2. The maximum Gasteiger partial charge on any atom is 0.342 e. The Kier molecular flexibility index (Phi) is 2.94. The van der Waals surface area contributed by atoms with Crippen LogP contribution in [0.5, 0.6) is 0 Å². The monoisotopic (exact) mass is 240 g/mol. The number of H-pyrrole nitrogens is 2. The van der Waals surface area contributed by atoms with Crippen LogP contribution in [-0.2, 0) is 9.53 Å². The van der Waals surface area contributed by atoms with Crippen LogP contribution >= 0.6 is 0 Å². The fourth-order valence-electron chi connectivity index (χ4n) is 1.87. The summed E-state index contributed by atoms with van der Waals surface area (Å²) in [6.07, 6.45) is 0.604. The second kappa shape index (κ2) is 4.40. The number of nitrogens with one attached hydrogen (secondary N) is 2. The van der Waals surface area contributed by atoms with Crippen LogP contribution < -0.4 is 16.1 Å². The lowest BCUT2D eigenvalue weighted by atomic mass is 10.1. The first kappa shape index (κ1) is 11.4. The zero-order chi connectivity index (χ0) is 12.4. The van der Waals surface area contributed by atoms with E-state index in [0.717, 1.165) is 0 Å². The van der Waals surface area contributed by atoms with Crippen molar-refractivity contribution >= 4 is 11.8 Å². The smallest absolute Gasteiger partial charge is 0.342 e. The molecule has 1 fully saturated rings. The molecule has 92 valence electrons. The Morgan fingerprint density at radius 3 is 2.94 bits per heavy atom. The van der Waals surface area contributed by atoms with Gasteiger partial charge < -0.3 is 9.64 Å². The van der Waals surface area contributed by atoms with Crippen molar-refractivity contribution in [2.45, 2.75) is 6.42 Å². The van der Waals surface area contributed by atoms with Gasteiger partial charge in [-0.1, -0.05) is 0 Å². The number of nitrogens with zero attached hydrogens (tertiary/aromatic N) is 2. The molecule has 1 saturated heterocycles. The first-order valence-electron chi connectivity index (χ1n) is 5.13. The molecule has 0 aliphatic carbocycles. The van der Waals surface area contributed by atoms with Crippen molar-refractivity contribution in [2.24, 2.45) is 5.92 Å². The van der Waals surface area contributed by atoms with Gasteiger partial charge in [0.05, 0.1) is 13.0 Å². The van der Waals surface area contributed by atoms with E-state index in [-0.39, 0.29) is 17.7 Å². The SMILES string of the molecule is COC(=O)C1CCN(c2n[nH]c(=O)[nH]c2=O)C1. The van der Waals surface area contributed by atoms with E-state index in [9.17, 15) is 14.4 Å². The fraction of sp³-hybridized carbons (Fsp3) is 0.556. The Labute approximate surface area is 95.6 Å². The van der Waals surface area contributed by atoms with Crippen LogP contribution in [0.25, 0.3) is 0 Å². The molecule has 1 aliphatic heterocycles. The Hall–Kier alpha value is -2.12. The van der Waals surface area contributed by atoms with Crippen molar-refractivity contribution in [1.82, 2.24) is 15.2 Å². The lowest BCUT2D eigenvalue weighted by Crippen LogP contribution is -2.34. The third kappa shape index (κ3) is 2.19. The fourth-order valence-corrected chi connectivity index (χ4v) is 1.87. The number of carbonyl (C=O) groups is 1. The molecule has 0 bridgehead atoms. The molecule has 8 heteroatoms. The topological polar surface area (TPSA) is 108 Å². The van der Waals surface area contributed by atoms with Crippen LogP contribution in [0, 0.1) is 5.92 Å². The largest absolute Gasteiger partial charge is 0.469 e. The molecular formula is C9H12N4O4. The third-order valence-corrected chi connectivity index (χ3v) is 2.72. The number of esters is 1. The van der Waals surface area contributed by atoms with Crippen LogP contribution in [0.15, 0.2) is 9.59 Å². The lowest BCUT2D eigenvalue weighted by molar-refractivity contribution is -0.144. The summed E-state index contributed by atoms with van der Waals surface area (Å²) in [4.78, 5) is 37.3.